The highest BCUT2D eigenvalue weighted by Gasteiger charge is 2.21. The molecule has 1 aromatic heterocycles. The summed E-state index contributed by atoms with van der Waals surface area (Å²) in [4.78, 5) is 14.5. The van der Waals surface area contributed by atoms with Gasteiger partial charge in [0.15, 0.2) is 0 Å². The molecule has 4 rings (SSSR count). The Hall–Kier alpha value is -2.70. The minimum absolute atomic E-state index is 0.199. The zero-order valence-electron chi connectivity index (χ0n) is 15.2. The van der Waals surface area contributed by atoms with E-state index in [4.69, 9.17) is 9.15 Å². The van der Waals surface area contributed by atoms with Crippen LogP contribution in [-0.2, 0) is 18.0 Å². The number of ether oxygens (including phenoxy) is 1. The van der Waals surface area contributed by atoms with Crippen molar-refractivity contribution in [3.63, 3.8) is 0 Å². The van der Waals surface area contributed by atoms with Crippen LogP contribution in [0.4, 0.5) is 0 Å². The smallest absolute Gasteiger partial charge is 0.388 e. The van der Waals surface area contributed by atoms with Gasteiger partial charge in [-0.1, -0.05) is 48.5 Å². The summed E-state index contributed by atoms with van der Waals surface area (Å²) in [7, 11) is 0. The van der Waals surface area contributed by atoms with Crippen LogP contribution < -0.4 is 5.76 Å². The first-order valence-electron chi connectivity index (χ1n) is 9.29. The highest BCUT2D eigenvalue weighted by molar-refractivity contribution is 5.51. The fourth-order valence-corrected chi connectivity index (χ4v) is 3.37. The maximum Gasteiger partial charge on any atom is 0.438 e. The summed E-state index contributed by atoms with van der Waals surface area (Å²) in [5.74, 6) is -0.100. The Kier molecular flexibility index (Phi) is 5.46. The average molecular weight is 365 g/mol. The Labute approximate surface area is 158 Å². The van der Waals surface area contributed by atoms with Gasteiger partial charge in [-0.25, -0.2) is 4.79 Å². The van der Waals surface area contributed by atoms with Crippen LogP contribution in [0.15, 0.2) is 69.9 Å². The fraction of sp³-hybridized carbons (Fsp3) is 0.333. The van der Waals surface area contributed by atoms with Gasteiger partial charge in [-0.15, -0.1) is 5.10 Å². The van der Waals surface area contributed by atoms with E-state index in [2.05, 4.69) is 22.1 Å². The van der Waals surface area contributed by atoms with E-state index in [9.17, 15) is 4.79 Å². The highest BCUT2D eigenvalue weighted by Crippen LogP contribution is 2.17. The van der Waals surface area contributed by atoms with Crippen LogP contribution in [-0.4, -0.2) is 33.9 Å². The van der Waals surface area contributed by atoms with Crippen LogP contribution in [0.3, 0.4) is 0 Å². The molecule has 27 heavy (non-hydrogen) atoms. The van der Waals surface area contributed by atoms with Crippen molar-refractivity contribution in [3.8, 4) is 11.5 Å². The third-order valence-corrected chi connectivity index (χ3v) is 4.70. The molecule has 0 N–H and O–H groups in total. The third-order valence-electron chi connectivity index (χ3n) is 4.70. The van der Waals surface area contributed by atoms with Gasteiger partial charge in [0.25, 0.3) is 0 Å². The minimum atomic E-state index is -0.445. The van der Waals surface area contributed by atoms with Gasteiger partial charge in [0.1, 0.15) is 6.67 Å². The van der Waals surface area contributed by atoms with Crippen molar-refractivity contribution in [2.45, 2.75) is 32.2 Å². The van der Waals surface area contributed by atoms with Gasteiger partial charge < -0.3 is 9.15 Å². The molecule has 2 heterocycles. The lowest BCUT2D eigenvalue weighted by molar-refractivity contribution is 0.0559. The van der Waals surface area contributed by atoms with Gasteiger partial charge in [-0.2, -0.15) is 4.68 Å². The van der Waals surface area contributed by atoms with Crippen molar-refractivity contribution in [1.29, 1.82) is 0 Å². The zero-order chi connectivity index (χ0) is 18.5. The number of rotatable bonds is 7. The molecular formula is C21H23N3O3. The Balaban J connectivity index is 1.53. The van der Waals surface area contributed by atoms with E-state index in [0.29, 0.717) is 12.6 Å². The average Bonchev–Trinajstić information content (AvgIpc) is 3.33. The molecule has 0 saturated carbocycles. The lowest BCUT2D eigenvalue weighted by Gasteiger charge is -2.24. The molecule has 0 aliphatic carbocycles. The van der Waals surface area contributed by atoms with Crippen LogP contribution in [0.5, 0.6) is 0 Å². The van der Waals surface area contributed by atoms with Crippen molar-refractivity contribution in [2.24, 2.45) is 0 Å². The number of hydrogen-bond acceptors (Lipinski definition) is 5. The molecular weight excluding hydrogens is 342 g/mol. The van der Waals surface area contributed by atoms with Crippen LogP contribution in [0.2, 0.25) is 0 Å². The molecule has 0 bridgehead atoms. The summed E-state index contributed by atoms with van der Waals surface area (Å²) < 4.78 is 12.5. The molecule has 0 amide bonds. The van der Waals surface area contributed by atoms with Crippen molar-refractivity contribution >= 4 is 0 Å². The Morgan fingerprint density at radius 2 is 1.81 bits per heavy atom. The molecule has 0 spiro atoms. The Bertz CT molecular complexity index is 899. The summed E-state index contributed by atoms with van der Waals surface area (Å²) >= 11 is 0. The monoisotopic (exact) mass is 365 g/mol. The first-order chi connectivity index (χ1) is 13.3. The van der Waals surface area contributed by atoms with Crippen molar-refractivity contribution in [3.05, 3.63) is 76.8 Å². The Morgan fingerprint density at radius 3 is 2.52 bits per heavy atom. The topological polar surface area (TPSA) is 60.5 Å². The lowest BCUT2D eigenvalue weighted by Crippen LogP contribution is -2.36. The van der Waals surface area contributed by atoms with Crippen LogP contribution in [0, 0.1) is 0 Å². The standard InChI is InChI=1S/C21H23N3O3/c25-21-24(22-20(27-21)18-10-5-2-6-11-18)16-23(15-19-12-7-13-26-19)14-17-8-3-1-4-9-17/h1-6,8-11,19H,7,12-16H2. The van der Waals surface area contributed by atoms with E-state index in [1.807, 2.05) is 48.5 Å². The molecule has 1 fully saturated rings. The normalized spacial score (nSPS) is 16.9. The van der Waals surface area contributed by atoms with E-state index in [1.54, 1.807) is 0 Å². The second-order valence-electron chi connectivity index (χ2n) is 6.81. The molecule has 1 aliphatic rings. The predicted molar refractivity (Wildman–Crippen MR) is 102 cm³/mol. The minimum Gasteiger partial charge on any atom is -0.388 e. The molecule has 0 radical (unpaired) electrons. The molecule has 1 aliphatic heterocycles. The first-order valence-corrected chi connectivity index (χ1v) is 9.29. The summed E-state index contributed by atoms with van der Waals surface area (Å²) in [6.45, 7) is 2.66. The number of benzene rings is 2. The molecule has 6 heteroatoms. The fourth-order valence-electron chi connectivity index (χ4n) is 3.37. The first kappa shape index (κ1) is 17.7. The number of hydrogen-bond donors (Lipinski definition) is 0. The van der Waals surface area contributed by atoms with Gasteiger partial charge in [0, 0.05) is 25.3 Å². The van der Waals surface area contributed by atoms with E-state index < -0.39 is 5.76 Å². The van der Waals surface area contributed by atoms with E-state index in [1.165, 1.54) is 10.2 Å². The van der Waals surface area contributed by atoms with Crippen molar-refractivity contribution in [1.82, 2.24) is 14.7 Å². The zero-order valence-corrected chi connectivity index (χ0v) is 15.2. The summed E-state index contributed by atoms with van der Waals surface area (Å²) in [5, 5.41) is 4.39. The number of nitrogens with zero attached hydrogens (tertiary/aromatic N) is 3. The third kappa shape index (κ3) is 4.53. The molecule has 3 aromatic rings. The summed E-state index contributed by atoms with van der Waals surface area (Å²) in [6, 6.07) is 19.7. The molecule has 140 valence electrons. The van der Waals surface area contributed by atoms with Gasteiger partial charge in [-0.3, -0.25) is 4.90 Å². The second kappa shape index (κ2) is 8.33. The summed E-state index contributed by atoms with van der Waals surface area (Å²) in [5.41, 5.74) is 1.98. The summed E-state index contributed by atoms with van der Waals surface area (Å²) in [6.07, 6.45) is 2.34. The van der Waals surface area contributed by atoms with E-state index in [-0.39, 0.29) is 6.10 Å². The SMILES string of the molecule is O=c1oc(-c2ccccc2)nn1CN(Cc1ccccc1)CC1CCCO1. The van der Waals surface area contributed by atoms with Gasteiger partial charge in [0.05, 0.1) is 6.10 Å². The second-order valence-corrected chi connectivity index (χ2v) is 6.81. The maximum atomic E-state index is 12.3. The predicted octanol–water partition coefficient (Wildman–Crippen LogP) is 3.14. The van der Waals surface area contributed by atoms with Crippen LogP contribution in [0.25, 0.3) is 11.5 Å². The molecule has 6 nitrogen and oxygen atoms in total. The van der Waals surface area contributed by atoms with Gasteiger partial charge in [0.2, 0.25) is 5.89 Å². The molecule has 1 unspecified atom stereocenters. The Morgan fingerprint density at radius 1 is 1.07 bits per heavy atom. The van der Waals surface area contributed by atoms with Gasteiger partial charge in [-0.05, 0) is 30.5 Å². The maximum absolute atomic E-state index is 12.3. The van der Waals surface area contributed by atoms with Crippen molar-refractivity contribution < 1.29 is 9.15 Å². The van der Waals surface area contributed by atoms with Gasteiger partial charge >= 0.3 is 5.76 Å². The molecule has 1 atom stereocenters. The number of aromatic nitrogens is 2. The van der Waals surface area contributed by atoms with E-state index >= 15 is 0 Å². The molecule has 1 saturated heterocycles. The van der Waals surface area contributed by atoms with E-state index in [0.717, 1.165) is 38.1 Å². The van der Waals surface area contributed by atoms with Crippen LogP contribution >= 0.6 is 0 Å². The lowest BCUT2D eigenvalue weighted by atomic mass is 10.2. The molecule has 2 aromatic carbocycles. The van der Waals surface area contributed by atoms with Crippen molar-refractivity contribution in [2.75, 3.05) is 13.2 Å². The highest BCUT2D eigenvalue weighted by atomic mass is 16.5. The quantitative estimate of drug-likeness (QED) is 0.644. The van der Waals surface area contributed by atoms with Crippen LogP contribution in [0.1, 0.15) is 18.4 Å². The largest absolute Gasteiger partial charge is 0.438 e.